The monoisotopic (exact) mass is 381 g/mol. The molecule has 2 aromatic carbocycles. The van der Waals surface area contributed by atoms with Crippen molar-refractivity contribution in [2.45, 2.75) is 19.1 Å². The van der Waals surface area contributed by atoms with Crippen LogP contribution < -0.4 is 10.6 Å². The molecule has 0 saturated carbocycles. The van der Waals surface area contributed by atoms with Crippen LogP contribution in [-0.2, 0) is 22.6 Å². The Labute approximate surface area is 162 Å². The SMILES string of the molecule is O=C(N[C@@H](CO)C(=O)NCCc1c[nH]c2ccccc12)OCc1ccccc1. The highest BCUT2D eigenvalue weighted by atomic mass is 16.5. The van der Waals surface area contributed by atoms with Crippen LogP contribution in [0.2, 0.25) is 0 Å². The van der Waals surface area contributed by atoms with E-state index in [4.69, 9.17) is 4.74 Å². The zero-order chi connectivity index (χ0) is 19.8. The highest BCUT2D eigenvalue weighted by Crippen LogP contribution is 2.17. The number of amides is 2. The summed E-state index contributed by atoms with van der Waals surface area (Å²) in [5, 5.41) is 15.6. The maximum absolute atomic E-state index is 12.2. The van der Waals surface area contributed by atoms with Gasteiger partial charge in [-0.1, -0.05) is 48.5 Å². The molecule has 0 fully saturated rings. The van der Waals surface area contributed by atoms with Gasteiger partial charge in [-0.25, -0.2) is 4.79 Å². The van der Waals surface area contributed by atoms with Crippen LogP contribution in [0.3, 0.4) is 0 Å². The molecule has 0 unspecified atom stereocenters. The van der Waals surface area contributed by atoms with Crippen molar-refractivity contribution < 1.29 is 19.4 Å². The minimum atomic E-state index is -1.06. The van der Waals surface area contributed by atoms with Crippen molar-refractivity contribution in [3.8, 4) is 0 Å². The molecule has 0 aliphatic heterocycles. The maximum Gasteiger partial charge on any atom is 0.408 e. The lowest BCUT2D eigenvalue weighted by Crippen LogP contribution is -2.49. The van der Waals surface area contributed by atoms with Crippen molar-refractivity contribution in [2.24, 2.45) is 0 Å². The van der Waals surface area contributed by atoms with Crippen LogP contribution in [0.25, 0.3) is 10.9 Å². The first kappa shape index (κ1) is 19.4. The number of H-pyrrole nitrogens is 1. The van der Waals surface area contributed by atoms with Crippen LogP contribution >= 0.6 is 0 Å². The fourth-order valence-electron chi connectivity index (χ4n) is 2.88. The van der Waals surface area contributed by atoms with Gasteiger partial charge in [-0.3, -0.25) is 4.79 Å². The summed E-state index contributed by atoms with van der Waals surface area (Å²) in [5.41, 5.74) is 2.97. The molecule has 1 atom stereocenters. The number of ether oxygens (including phenoxy) is 1. The number of rotatable bonds is 8. The second kappa shape index (κ2) is 9.57. The molecule has 28 heavy (non-hydrogen) atoms. The smallest absolute Gasteiger partial charge is 0.408 e. The molecule has 0 bridgehead atoms. The number of para-hydroxylation sites is 1. The van der Waals surface area contributed by atoms with Gasteiger partial charge in [-0.15, -0.1) is 0 Å². The van der Waals surface area contributed by atoms with Crippen molar-refractivity contribution in [1.82, 2.24) is 15.6 Å². The third kappa shape index (κ3) is 5.11. The van der Waals surface area contributed by atoms with E-state index >= 15 is 0 Å². The van der Waals surface area contributed by atoms with E-state index in [2.05, 4.69) is 15.6 Å². The van der Waals surface area contributed by atoms with Crippen molar-refractivity contribution >= 4 is 22.9 Å². The standard InChI is InChI=1S/C21H23N3O4/c25-13-19(24-21(27)28-14-15-6-2-1-3-7-15)20(26)22-11-10-16-12-23-18-9-5-4-8-17(16)18/h1-9,12,19,23,25H,10-11,13-14H2,(H,22,26)(H,24,27)/t19-/m0/s1. The lowest BCUT2D eigenvalue weighted by atomic mass is 10.1. The molecule has 7 heteroatoms. The predicted molar refractivity (Wildman–Crippen MR) is 106 cm³/mol. The average molecular weight is 381 g/mol. The van der Waals surface area contributed by atoms with Crippen LogP contribution in [0.4, 0.5) is 4.79 Å². The third-order valence-corrected chi connectivity index (χ3v) is 4.37. The highest BCUT2D eigenvalue weighted by molar-refractivity contribution is 5.86. The molecule has 2 amide bonds. The van der Waals surface area contributed by atoms with E-state index in [9.17, 15) is 14.7 Å². The number of carbonyl (C=O) groups is 2. The topological polar surface area (TPSA) is 103 Å². The number of aliphatic hydroxyl groups is 1. The van der Waals surface area contributed by atoms with Gasteiger partial charge in [0.25, 0.3) is 0 Å². The van der Waals surface area contributed by atoms with Crippen molar-refractivity contribution in [3.63, 3.8) is 0 Å². The Bertz CT molecular complexity index is 924. The van der Waals surface area contributed by atoms with Gasteiger partial charge in [-0.05, 0) is 23.6 Å². The molecule has 1 heterocycles. The molecule has 3 rings (SSSR count). The number of aromatic nitrogens is 1. The Balaban J connectivity index is 1.44. The molecule has 7 nitrogen and oxygen atoms in total. The predicted octanol–water partition coefficient (Wildman–Crippen LogP) is 2.11. The van der Waals surface area contributed by atoms with Gasteiger partial charge in [0.2, 0.25) is 5.91 Å². The third-order valence-electron chi connectivity index (χ3n) is 4.37. The largest absolute Gasteiger partial charge is 0.445 e. The summed E-state index contributed by atoms with van der Waals surface area (Å²) in [6.07, 6.45) is 1.79. The van der Waals surface area contributed by atoms with Gasteiger partial charge in [0.15, 0.2) is 0 Å². The summed E-state index contributed by atoms with van der Waals surface area (Å²) in [4.78, 5) is 27.3. The second-order valence-electron chi connectivity index (χ2n) is 6.34. The number of fused-ring (bicyclic) bond motifs is 1. The molecule has 0 spiro atoms. The van der Waals surface area contributed by atoms with Gasteiger partial charge in [0, 0.05) is 23.6 Å². The van der Waals surface area contributed by atoms with Crippen LogP contribution in [0.1, 0.15) is 11.1 Å². The molecule has 0 radical (unpaired) electrons. The maximum atomic E-state index is 12.2. The molecular weight excluding hydrogens is 358 g/mol. The molecule has 4 N–H and O–H groups in total. The molecule has 1 aromatic heterocycles. The first-order valence-corrected chi connectivity index (χ1v) is 9.08. The quantitative estimate of drug-likeness (QED) is 0.480. The molecular formula is C21H23N3O4. The Morgan fingerprint density at radius 1 is 1.07 bits per heavy atom. The molecule has 146 valence electrons. The minimum absolute atomic E-state index is 0.0903. The Morgan fingerprint density at radius 3 is 2.61 bits per heavy atom. The summed E-state index contributed by atoms with van der Waals surface area (Å²) in [6, 6.07) is 16.1. The van der Waals surface area contributed by atoms with Crippen LogP contribution in [0.15, 0.2) is 60.8 Å². The minimum Gasteiger partial charge on any atom is -0.445 e. The van der Waals surface area contributed by atoms with Crippen LogP contribution in [0.5, 0.6) is 0 Å². The summed E-state index contributed by atoms with van der Waals surface area (Å²) in [7, 11) is 0. The number of carbonyl (C=O) groups excluding carboxylic acids is 2. The highest BCUT2D eigenvalue weighted by Gasteiger charge is 2.20. The molecule has 0 aliphatic rings. The number of aromatic amines is 1. The Hall–Kier alpha value is -3.32. The van der Waals surface area contributed by atoms with Crippen molar-refractivity contribution in [1.29, 1.82) is 0 Å². The van der Waals surface area contributed by atoms with Crippen molar-refractivity contribution in [3.05, 3.63) is 71.9 Å². The Morgan fingerprint density at radius 2 is 1.82 bits per heavy atom. The first-order valence-electron chi connectivity index (χ1n) is 9.08. The van der Waals surface area contributed by atoms with E-state index in [1.807, 2.05) is 60.8 Å². The average Bonchev–Trinajstić information content (AvgIpc) is 3.14. The zero-order valence-corrected chi connectivity index (χ0v) is 15.4. The van der Waals surface area contributed by atoms with Gasteiger partial charge in [0.05, 0.1) is 6.61 Å². The van der Waals surface area contributed by atoms with Gasteiger partial charge in [-0.2, -0.15) is 0 Å². The van der Waals surface area contributed by atoms with Gasteiger partial charge < -0.3 is 25.5 Å². The number of aliphatic hydroxyl groups excluding tert-OH is 1. The lowest BCUT2D eigenvalue weighted by molar-refractivity contribution is -0.123. The van der Waals surface area contributed by atoms with E-state index < -0.39 is 24.6 Å². The van der Waals surface area contributed by atoms with Gasteiger partial charge >= 0.3 is 6.09 Å². The van der Waals surface area contributed by atoms with E-state index in [0.717, 1.165) is 22.0 Å². The number of hydrogen-bond acceptors (Lipinski definition) is 4. The number of nitrogens with one attached hydrogen (secondary N) is 3. The van der Waals surface area contributed by atoms with Crippen LogP contribution in [0, 0.1) is 0 Å². The summed E-state index contributed by atoms with van der Waals surface area (Å²) in [6.45, 7) is -0.0374. The van der Waals surface area contributed by atoms with Gasteiger partial charge in [0.1, 0.15) is 12.6 Å². The first-order chi connectivity index (χ1) is 13.7. The van der Waals surface area contributed by atoms with Crippen molar-refractivity contribution in [2.75, 3.05) is 13.2 Å². The number of benzene rings is 2. The fraction of sp³-hybridized carbons (Fsp3) is 0.238. The number of alkyl carbamates (subject to hydrolysis) is 1. The van der Waals surface area contributed by atoms with E-state index in [0.29, 0.717) is 13.0 Å². The van der Waals surface area contributed by atoms with E-state index in [1.54, 1.807) is 0 Å². The molecule has 0 saturated heterocycles. The number of hydrogen-bond donors (Lipinski definition) is 4. The molecule has 0 aliphatic carbocycles. The fourth-order valence-corrected chi connectivity index (χ4v) is 2.88. The summed E-state index contributed by atoms with van der Waals surface area (Å²) in [5.74, 6) is -0.459. The normalized spacial score (nSPS) is 11.8. The summed E-state index contributed by atoms with van der Waals surface area (Å²) < 4.78 is 5.08. The molecule has 3 aromatic rings. The van der Waals surface area contributed by atoms with Crippen LogP contribution in [-0.4, -0.2) is 41.3 Å². The second-order valence-corrected chi connectivity index (χ2v) is 6.34. The lowest BCUT2D eigenvalue weighted by Gasteiger charge is -2.16. The zero-order valence-electron chi connectivity index (χ0n) is 15.4. The van der Waals surface area contributed by atoms with E-state index in [1.165, 1.54) is 0 Å². The van der Waals surface area contributed by atoms with E-state index in [-0.39, 0.29) is 6.61 Å². The Kier molecular flexibility index (Phi) is 6.64. The summed E-state index contributed by atoms with van der Waals surface area (Å²) >= 11 is 0.